The molecule has 0 aliphatic heterocycles. The van der Waals surface area contributed by atoms with Gasteiger partial charge in [-0.3, -0.25) is 0 Å². The van der Waals surface area contributed by atoms with Gasteiger partial charge in [-0.1, -0.05) is 23.8 Å². The standard InChI is InChI=1S/C12H13ClFN/c13-11-7-6-10(8-12(11)14)15-9-4-2-1-3-5-9/h2,4,6-9,15H,1,3,5H2. The van der Waals surface area contributed by atoms with Crippen molar-refractivity contribution in [3.8, 4) is 0 Å². The number of allylic oxidation sites excluding steroid dienone is 1. The third-order valence-corrected chi connectivity index (χ3v) is 2.83. The summed E-state index contributed by atoms with van der Waals surface area (Å²) in [5.41, 5.74) is 0.786. The highest BCUT2D eigenvalue weighted by atomic mass is 35.5. The maximum absolute atomic E-state index is 13.1. The lowest BCUT2D eigenvalue weighted by molar-refractivity contribution is 0.627. The first-order valence-electron chi connectivity index (χ1n) is 5.14. The Morgan fingerprint density at radius 3 is 2.93 bits per heavy atom. The van der Waals surface area contributed by atoms with Crippen LogP contribution in [0.3, 0.4) is 0 Å². The lowest BCUT2D eigenvalue weighted by Gasteiger charge is -2.19. The normalized spacial score (nSPS) is 20.3. The van der Waals surface area contributed by atoms with Gasteiger partial charge < -0.3 is 5.32 Å². The summed E-state index contributed by atoms with van der Waals surface area (Å²) in [7, 11) is 0. The van der Waals surface area contributed by atoms with Crippen LogP contribution >= 0.6 is 11.6 Å². The van der Waals surface area contributed by atoms with Crippen molar-refractivity contribution < 1.29 is 4.39 Å². The molecular weight excluding hydrogens is 213 g/mol. The van der Waals surface area contributed by atoms with Gasteiger partial charge in [0.15, 0.2) is 0 Å². The molecule has 0 heterocycles. The van der Waals surface area contributed by atoms with Crippen LogP contribution in [-0.2, 0) is 0 Å². The lowest BCUT2D eigenvalue weighted by atomic mass is 10.0. The molecule has 2 rings (SSSR count). The molecule has 1 aliphatic carbocycles. The fourth-order valence-electron chi connectivity index (χ4n) is 1.73. The van der Waals surface area contributed by atoms with E-state index in [-0.39, 0.29) is 10.8 Å². The molecule has 1 unspecified atom stereocenters. The first-order chi connectivity index (χ1) is 7.25. The van der Waals surface area contributed by atoms with Crippen LogP contribution in [0.4, 0.5) is 10.1 Å². The molecule has 1 aromatic carbocycles. The minimum absolute atomic E-state index is 0.166. The van der Waals surface area contributed by atoms with Crippen molar-refractivity contribution in [2.45, 2.75) is 25.3 Å². The zero-order valence-electron chi connectivity index (χ0n) is 8.34. The third kappa shape index (κ3) is 2.72. The molecular formula is C12H13ClFN. The lowest BCUT2D eigenvalue weighted by Crippen LogP contribution is -2.18. The summed E-state index contributed by atoms with van der Waals surface area (Å²) >= 11 is 5.61. The van der Waals surface area contributed by atoms with E-state index in [0.717, 1.165) is 18.5 Å². The van der Waals surface area contributed by atoms with Crippen LogP contribution in [0.25, 0.3) is 0 Å². The topological polar surface area (TPSA) is 12.0 Å². The SMILES string of the molecule is Fc1cc(NC2C=CCCC2)ccc1Cl. The maximum atomic E-state index is 13.1. The van der Waals surface area contributed by atoms with Gasteiger partial charge in [-0.2, -0.15) is 0 Å². The first-order valence-corrected chi connectivity index (χ1v) is 5.52. The number of anilines is 1. The number of hydrogen-bond donors (Lipinski definition) is 1. The summed E-state index contributed by atoms with van der Waals surface area (Å²) in [6, 6.07) is 5.13. The average molecular weight is 226 g/mol. The van der Waals surface area contributed by atoms with Crippen molar-refractivity contribution in [2.24, 2.45) is 0 Å². The number of rotatable bonds is 2. The highest BCUT2D eigenvalue weighted by Gasteiger charge is 2.08. The quantitative estimate of drug-likeness (QED) is 0.751. The Bertz CT molecular complexity index is 376. The van der Waals surface area contributed by atoms with Crippen molar-refractivity contribution >= 4 is 17.3 Å². The smallest absolute Gasteiger partial charge is 0.143 e. The predicted molar refractivity (Wildman–Crippen MR) is 61.8 cm³/mol. The summed E-state index contributed by atoms with van der Waals surface area (Å²) in [4.78, 5) is 0. The second-order valence-electron chi connectivity index (χ2n) is 3.74. The van der Waals surface area contributed by atoms with Gasteiger partial charge in [0.1, 0.15) is 5.82 Å². The van der Waals surface area contributed by atoms with Crippen LogP contribution in [0.2, 0.25) is 5.02 Å². The van der Waals surface area contributed by atoms with Crippen LogP contribution in [0.1, 0.15) is 19.3 Å². The van der Waals surface area contributed by atoms with Gasteiger partial charge in [0, 0.05) is 11.7 Å². The molecule has 0 fully saturated rings. The molecule has 15 heavy (non-hydrogen) atoms. The number of halogens is 2. The second kappa shape index (κ2) is 4.67. The highest BCUT2D eigenvalue weighted by molar-refractivity contribution is 6.30. The summed E-state index contributed by atoms with van der Waals surface area (Å²) < 4.78 is 13.1. The minimum atomic E-state index is -0.374. The molecule has 80 valence electrons. The molecule has 0 saturated carbocycles. The summed E-state index contributed by atoms with van der Waals surface area (Å²) in [6.45, 7) is 0. The van der Waals surface area contributed by atoms with Gasteiger partial charge >= 0.3 is 0 Å². The zero-order valence-corrected chi connectivity index (χ0v) is 9.10. The molecule has 0 radical (unpaired) electrons. The Morgan fingerprint density at radius 1 is 1.40 bits per heavy atom. The van der Waals surface area contributed by atoms with Crippen LogP contribution in [0, 0.1) is 5.82 Å². The molecule has 0 bridgehead atoms. The average Bonchev–Trinajstić information content (AvgIpc) is 2.25. The molecule has 0 saturated heterocycles. The highest BCUT2D eigenvalue weighted by Crippen LogP contribution is 2.21. The van der Waals surface area contributed by atoms with Crippen LogP contribution in [0.15, 0.2) is 30.4 Å². The Labute approximate surface area is 93.9 Å². The molecule has 1 atom stereocenters. The van der Waals surface area contributed by atoms with Crippen molar-refractivity contribution in [3.63, 3.8) is 0 Å². The van der Waals surface area contributed by atoms with E-state index in [1.54, 1.807) is 12.1 Å². The monoisotopic (exact) mass is 225 g/mol. The van der Waals surface area contributed by atoms with E-state index >= 15 is 0 Å². The van der Waals surface area contributed by atoms with E-state index in [1.807, 2.05) is 0 Å². The van der Waals surface area contributed by atoms with E-state index in [2.05, 4.69) is 17.5 Å². The van der Waals surface area contributed by atoms with Gasteiger partial charge in [-0.15, -0.1) is 0 Å². The Balaban J connectivity index is 2.07. The molecule has 3 heteroatoms. The summed E-state index contributed by atoms with van der Waals surface area (Å²) in [5, 5.41) is 3.43. The number of nitrogens with one attached hydrogen (secondary N) is 1. The fourth-order valence-corrected chi connectivity index (χ4v) is 1.85. The Morgan fingerprint density at radius 2 is 2.27 bits per heavy atom. The molecule has 0 spiro atoms. The van der Waals surface area contributed by atoms with E-state index < -0.39 is 0 Å². The summed E-state index contributed by atoms with van der Waals surface area (Å²) in [6.07, 6.45) is 7.72. The molecule has 1 nitrogen and oxygen atoms in total. The third-order valence-electron chi connectivity index (χ3n) is 2.53. The van der Waals surface area contributed by atoms with E-state index in [4.69, 9.17) is 11.6 Å². The van der Waals surface area contributed by atoms with Crippen LogP contribution in [-0.4, -0.2) is 6.04 Å². The number of hydrogen-bond acceptors (Lipinski definition) is 1. The van der Waals surface area contributed by atoms with Crippen molar-refractivity contribution in [3.05, 3.63) is 41.2 Å². The van der Waals surface area contributed by atoms with E-state index in [1.165, 1.54) is 12.5 Å². The predicted octanol–water partition coefficient (Wildman–Crippen LogP) is 4.00. The Hall–Kier alpha value is -1.02. The van der Waals surface area contributed by atoms with Crippen molar-refractivity contribution in [1.29, 1.82) is 0 Å². The molecule has 1 N–H and O–H groups in total. The summed E-state index contributed by atoms with van der Waals surface area (Å²) in [5.74, 6) is -0.374. The first kappa shape index (κ1) is 10.5. The van der Waals surface area contributed by atoms with Crippen molar-refractivity contribution in [1.82, 2.24) is 0 Å². The Kier molecular flexibility index (Phi) is 3.27. The van der Waals surface area contributed by atoms with Gasteiger partial charge in [0.05, 0.1) is 5.02 Å². The van der Waals surface area contributed by atoms with Crippen LogP contribution in [0.5, 0.6) is 0 Å². The van der Waals surface area contributed by atoms with E-state index in [0.29, 0.717) is 6.04 Å². The molecule has 1 aromatic rings. The fraction of sp³-hybridized carbons (Fsp3) is 0.333. The minimum Gasteiger partial charge on any atom is -0.379 e. The van der Waals surface area contributed by atoms with E-state index in [9.17, 15) is 4.39 Å². The molecule has 0 aromatic heterocycles. The van der Waals surface area contributed by atoms with Gasteiger partial charge in [0.2, 0.25) is 0 Å². The molecule has 1 aliphatic rings. The maximum Gasteiger partial charge on any atom is 0.143 e. The zero-order chi connectivity index (χ0) is 10.7. The molecule has 0 amide bonds. The van der Waals surface area contributed by atoms with Crippen LogP contribution < -0.4 is 5.32 Å². The largest absolute Gasteiger partial charge is 0.379 e. The van der Waals surface area contributed by atoms with Gasteiger partial charge in [0.25, 0.3) is 0 Å². The van der Waals surface area contributed by atoms with Crippen molar-refractivity contribution in [2.75, 3.05) is 5.32 Å². The second-order valence-corrected chi connectivity index (χ2v) is 4.15. The van der Waals surface area contributed by atoms with Gasteiger partial charge in [-0.05, 0) is 37.5 Å². The number of benzene rings is 1. The van der Waals surface area contributed by atoms with Gasteiger partial charge in [-0.25, -0.2) is 4.39 Å².